The van der Waals surface area contributed by atoms with E-state index in [2.05, 4.69) is 20.6 Å². The molecule has 1 aliphatic heterocycles. The third-order valence-electron chi connectivity index (χ3n) is 4.60. The number of aromatic nitrogens is 2. The number of nitro benzene ring substituents is 1. The summed E-state index contributed by atoms with van der Waals surface area (Å²) in [5.74, 6) is -1.51. The van der Waals surface area contributed by atoms with E-state index in [1.807, 2.05) is 30.3 Å². The minimum atomic E-state index is -1.08. The summed E-state index contributed by atoms with van der Waals surface area (Å²) < 4.78 is 1.65. The molecular weight excluding hydrogens is 448 g/mol. The van der Waals surface area contributed by atoms with E-state index in [4.69, 9.17) is 5.11 Å². The van der Waals surface area contributed by atoms with Gasteiger partial charge in [-0.2, -0.15) is 10.2 Å². The van der Waals surface area contributed by atoms with E-state index in [0.717, 1.165) is 17.4 Å². The summed E-state index contributed by atoms with van der Waals surface area (Å²) in [6.07, 6.45) is 2.88. The molecule has 0 saturated carbocycles. The second kappa shape index (κ2) is 9.44. The molecule has 1 amide bonds. The summed E-state index contributed by atoms with van der Waals surface area (Å²) in [5, 5.41) is 34.4. The van der Waals surface area contributed by atoms with E-state index in [9.17, 15) is 19.7 Å². The van der Waals surface area contributed by atoms with Crippen LogP contribution in [0.4, 0.5) is 5.69 Å². The summed E-state index contributed by atoms with van der Waals surface area (Å²) in [6, 6.07) is 15.4. The number of aliphatic carboxylic acids is 1. The lowest BCUT2D eigenvalue weighted by atomic mass is 10.1. The Hall–Kier alpha value is -4.32. The van der Waals surface area contributed by atoms with Crippen molar-refractivity contribution < 1.29 is 19.6 Å². The Morgan fingerprint density at radius 3 is 2.64 bits per heavy atom. The lowest BCUT2D eigenvalue weighted by molar-refractivity contribution is -0.384. The Balaban J connectivity index is 1.64. The minimum absolute atomic E-state index is 0.0345. The van der Waals surface area contributed by atoms with E-state index in [0.29, 0.717) is 16.8 Å². The number of hydrogen-bond donors (Lipinski definition) is 2. The molecule has 2 N–H and O–H groups in total. The van der Waals surface area contributed by atoms with Gasteiger partial charge < -0.3 is 10.4 Å². The van der Waals surface area contributed by atoms with Crippen molar-refractivity contribution in [2.45, 2.75) is 11.7 Å². The van der Waals surface area contributed by atoms with Crippen molar-refractivity contribution in [3.8, 4) is 16.9 Å². The molecule has 0 bridgehead atoms. The summed E-state index contributed by atoms with van der Waals surface area (Å²) >= 11 is 0.999. The van der Waals surface area contributed by atoms with Gasteiger partial charge in [-0.3, -0.25) is 19.7 Å². The van der Waals surface area contributed by atoms with Crippen molar-refractivity contribution in [1.82, 2.24) is 15.1 Å². The SMILES string of the molecule is O=C(O)CC1S/C(=N\N=C/c2cn(-c3ccccc3)nc2-c2ccc([N+](=O)[O-])cc2)NC1=O. The van der Waals surface area contributed by atoms with Crippen LogP contribution >= 0.6 is 11.8 Å². The Kier molecular flexibility index (Phi) is 6.26. The van der Waals surface area contributed by atoms with E-state index in [1.165, 1.54) is 18.3 Å². The smallest absolute Gasteiger partial charge is 0.305 e. The van der Waals surface area contributed by atoms with Crippen LogP contribution < -0.4 is 5.32 Å². The zero-order valence-corrected chi connectivity index (χ0v) is 17.7. The van der Waals surface area contributed by atoms with E-state index in [1.54, 1.807) is 23.0 Å². The molecule has 12 heteroatoms. The number of para-hydroxylation sites is 1. The molecule has 1 unspecified atom stereocenters. The summed E-state index contributed by atoms with van der Waals surface area (Å²) in [5.41, 5.74) is 2.54. The predicted octanol–water partition coefficient (Wildman–Crippen LogP) is 2.84. The Bertz CT molecular complexity index is 1270. The number of rotatable bonds is 7. The van der Waals surface area contributed by atoms with Gasteiger partial charge in [0.2, 0.25) is 5.91 Å². The standard InChI is InChI=1S/C21H16N6O5S/c28-18(29)10-17-20(30)23-21(33-17)24-22-11-14-12-26(15-4-2-1-3-5-15)25-19(14)13-6-8-16(9-7-13)27(31)32/h1-9,11-12,17H,10H2,(H,28,29)(H,23,24,30)/b22-11-. The van der Waals surface area contributed by atoms with Gasteiger partial charge in [0.25, 0.3) is 5.69 Å². The molecule has 4 rings (SSSR count). The van der Waals surface area contributed by atoms with Crippen LogP contribution in [0, 0.1) is 10.1 Å². The Morgan fingerprint density at radius 1 is 1.24 bits per heavy atom. The zero-order chi connectivity index (χ0) is 23.4. The average molecular weight is 464 g/mol. The zero-order valence-electron chi connectivity index (χ0n) is 16.9. The number of carboxylic acid groups (broad SMARTS) is 1. The first-order valence-electron chi connectivity index (χ1n) is 9.61. The van der Waals surface area contributed by atoms with Crippen LogP contribution in [-0.4, -0.2) is 48.3 Å². The highest BCUT2D eigenvalue weighted by Crippen LogP contribution is 2.26. The largest absolute Gasteiger partial charge is 0.481 e. The van der Waals surface area contributed by atoms with Crippen LogP contribution in [-0.2, 0) is 9.59 Å². The van der Waals surface area contributed by atoms with E-state index in [-0.39, 0.29) is 17.3 Å². The molecule has 1 aliphatic rings. The molecule has 0 radical (unpaired) electrons. The molecule has 0 spiro atoms. The second-order valence-corrected chi connectivity index (χ2v) is 8.05. The number of amidine groups is 1. The quantitative estimate of drug-likeness (QED) is 0.310. The fourth-order valence-corrected chi connectivity index (χ4v) is 3.96. The second-order valence-electron chi connectivity index (χ2n) is 6.86. The Morgan fingerprint density at radius 2 is 1.97 bits per heavy atom. The first kappa shape index (κ1) is 21.9. The molecule has 33 heavy (non-hydrogen) atoms. The van der Waals surface area contributed by atoms with Crippen LogP contribution in [0.15, 0.2) is 71.0 Å². The highest BCUT2D eigenvalue weighted by atomic mass is 32.2. The molecule has 11 nitrogen and oxygen atoms in total. The molecule has 0 aliphatic carbocycles. The minimum Gasteiger partial charge on any atom is -0.481 e. The van der Waals surface area contributed by atoms with Gasteiger partial charge in [-0.1, -0.05) is 30.0 Å². The molecule has 1 saturated heterocycles. The summed E-state index contributed by atoms with van der Waals surface area (Å²) in [4.78, 5) is 33.2. The number of thioether (sulfide) groups is 1. The van der Waals surface area contributed by atoms with Gasteiger partial charge in [0.15, 0.2) is 5.17 Å². The summed E-state index contributed by atoms with van der Waals surface area (Å²) in [6.45, 7) is 0. The van der Waals surface area contributed by atoms with Crippen LogP contribution in [0.25, 0.3) is 16.9 Å². The van der Waals surface area contributed by atoms with Crippen molar-refractivity contribution in [1.29, 1.82) is 0 Å². The van der Waals surface area contributed by atoms with Crippen molar-refractivity contribution >= 4 is 40.7 Å². The first-order chi connectivity index (χ1) is 15.9. The predicted molar refractivity (Wildman–Crippen MR) is 122 cm³/mol. The monoisotopic (exact) mass is 464 g/mol. The number of carboxylic acids is 1. The third kappa shape index (κ3) is 5.13. The number of nitrogens with one attached hydrogen (secondary N) is 1. The topological polar surface area (TPSA) is 152 Å². The maximum absolute atomic E-state index is 11.8. The van der Waals surface area contributed by atoms with Crippen molar-refractivity contribution in [2.24, 2.45) is 10.2 Å². The lowest BCUT2D eigenvalue weighted by Gasteiger charge is -2.00. The third-order valence-corrected chi connectivity index (χ3v) is 5.67. The molecule has 1 atom stereocenters. The van der Waals surface area contributed by atoms with Crippen LogP contribution in [0.3, 0.4) is 0 Å². The van der Waals surface area contributed by atoms with Gasteiger partial charge in [0, 0.05) is 29.5 Å². The number of hydrogen-bond acceptors (Lipinski definition) is 8. The van der Waals surface area contributed by atoms with Gasteiger partial charge in [0.1, 0.15) is 10.9 Å². The van der Waals surface area contributed by atoms with Crippen LogP contribution in [0.5, 0.6) is 0 Å². The fourth-order valence-electron chi connectivity index (χ4n) is 3.05. The van der Waals surface area contributed by atoms with Crippen molar-refractivity contribution in [2.75, 3.05) is 0 Å². The number of carbonyl (C=O) groups excluding carboxylic acids is 1. The molecule has 3 aromatic rings. The van der Waals surface area contributed by atoms with Crippen LogP contribution in [0.1, 0.15) is 12.0 Å². The maximum atomic E-state index is 11.8. The molecule has 2 aromatic carbocycles. The molecule has 2 heterocycles. The highest BCUT2D eigenvalue weighted by molar-refractivity contribution is 8.15. The van der Waals surface area contributed by atoms with Crippen molar-refractivity contribution in [3.05, 3.63) is 76.5 Å². The first-order valence-corrected chi connectivity index (χ1v) is 10.5. The average Bonchev–Trinajstić information content (AvgIpc) is 3.37. The highest BCUT2D eigenvalue weighted by Gasteiger charge is 2.32. The molecular formula is C21H16N6O5S. The molecule has 1 fully saturated rings. The van der Waals surface area contributed by atoms with E-state index < -0.39 is 22.0 Å². The number of amides is 1. The number of carbonyl (C=O) groups is 2. The van der Waals surface area contributed by atoms with Gasteiger partial charge >= 0.3 is 5.97 Å². The number of non-ortho nitro benzene ring substituents is 1. The van der Waals surface area contributed by atoms with Crippen LogP contribution in [0.2, 0.25) is 0 Å². The van der Waals surface area contributed by atoms with Gasteiger partial charge in [-0.15, -0.1) is 5.10 Å². The van der Waals surface area contributed by atoms with Gasteiger partial charge in [-0.05, 0) is 24.3 Å². The summed E-state index contributed by atoms with van der Waals surface area (Å²) in [7, 11) is 0. The van der Waals surface area contributed by atoms with Gasteiger partial charge in [0.05, 0.1) is 23.2 Å². The Labute approximate surface area is 191 Å². The number of benzene rings is 2. The van der Waals surface area contributed by atoms with Crippen molar-refractivity contribution in [3.63, 3.8) is 0 Å². The molecule has 166 valence electrons. The van der Waals surface area contributed by atoms with Gasteiger partial charge in [-0.25, -0.2) is 4.68 Å². The lowest BCUT2D eigenvalue weighted by Crippen LogP contribution is -2.26. The number of nitrogens with zero attached hydrogens (tertiary/aromatic N) is 5. The fraction of sp³-hybridized carbons (Fsp3) is 0.0952. The number of nitro groups is 1. The maximum Gasteiger partial charge on any atom is 0.305 e. The molecule has 1 aromatic heterocycles. The normalized spacial score (nSPS) is 16.9. The van der Waals surface area contributed by atoms with E-state index >= 15 is 0 Å².